The van der Waals surface area contributed by atoms with E-state index in [2.05, 4.69) is 4.90 Å². The average Bonchev–Trinajstić information content (AvgIpc) is 2.92. The van der Waals surface area contributed by atoms with E-state index in [0.29, 0.717) is 45.8 Å². The first-order chi connectivity index (χ1) is 13.7. The standard InChI is InChI=1S/C20H24N4O3S2/c1-6-24-19(26)16(29-20(24)28)7-14-13(4)15(8-21)18(25)22(5)17(14)23-9-11(2)27-12(3)10-23/h7,11-12H,6,9-10H2,1-5H3/b16-7-. The Labute approximate surface area is 179 Å². The molecule has 0 radical (unpaired) electrons. The van der Waals surface area contributed by atoms with Crippen molar-refractivity contribution >= 4 is 46.1 Å². The fourth-order valence-corrected chi connectivity index (χ4v) is 5.21. The van der Waals surface area contributed by atoms with E-state index in [4.69, 9.17) is 17.0 Å². The molecule has 2 aliphatic rings. The molecule has 3 heterocycles. The van der Waals surface area contributed by atoms with Crippen molar-refractivity contribution in [3.63, 3.8) is 0 Å². The summed E-state index contributed by atoms with van der Waals surface area (Å²) >= 11 is 6.56. The number of hydrogen-bond donors (Lipinski definition) is 0. The van der Waals surface area contributed by atoms with Crippen LogP contribution in [0.5, 0.6) is 0 Å². The highest BCUT2D eigenvalue weighted by Crippen LogP contribution is 2.36. The molecule has 0 aromatic carbocycles. The maximum absolute atomic E-state index is 12.8. The van der Waals surface area contributed by atoms with E-state index in [-0.39, 0.29) is 29.2 Å². The summed E-state index contributed by atoms with van der Waals surface area (Å²) in [6, 6.07) is 2.02. The number of likely N-dealkylation sites (N-methyl/N-ethyl adjacent to an activating group) is 1. The number of nitriles is 1. The first-order valence-electron chi connectivity index (χ1n) is 9.49. The lowest BCUT2D eigenvalue weighted by Crippen LogP contribution is -2.47. The number of hydrogen-bond acceptors (Lipinski definition) is 7. The number of carbonyl (C=O) groups excluding carboxylic acids is 1. The van der Waals surface area contributed by atoms with Crippen molar-refractivity contribution in [3.05, 3.63) is 31.9 Å². The Morgan fingerprint density at radius 2 is 1.93 bits per heavy atom. The lowest BCUT2D eigenvalue weighted by Gasteiger charge is -2.38. The molecular formula is C20H24N4O3S2. The molecule has 3 rings (SSSR count). The van der Waals surface area contributed by atoms with Crippen molar-refractivity contribution in [2.45, 2.75) is 39.9 Å². The van der Waals surface area contributed by atoms with Crippen molar-refractivity contribution < 1.29 is 9.53 Å². The largest absolute Gasteiger partial charge is 0.372 e. The summed E-state index contributed by atoms with van der Waals surface area (Å²) in [5, 5.41) is 9.55. The molecule has 1 aromatic heterocycles. The summed E-state index contributed by atoms with van der Waals surface area (Å²) < 4.78 is 7.86. The Morgan fingerprint density at radius 1 is 1.31 bits per heavy atom. The Balaban J connectivity index is 2.23. The van der Waals surface area contributed by atoms with Gasteiger partial charge in [-0.25, -0.2) is 0 Å². The SMILES string of the molecule is CCN1C(=O)/C(=C/c2c(C)c(C#N)c(=O)n(C)c2N2CC(C)OC(C)C2)SC1=S. The molecule has 0 aliphatic carbocycles. The van der Waals surface area contributed by atoms with Gasteiger partial charge in [0.1, 0.15) is 21.8 Å². The van der Waals surface area contributed by atoms with Crippen LogP contribution in [0.4, 0.5) is 5.82 Å². The number of nitrogens with zero attached hydrogens (tertiary/aromatic N) is 4. The van der Waals surface area contributed by atoms with Gasteiger partial charge in [-0.15, -0.1) is 0 Å². The number of ether oxygens (including phenoxy) is 1. The quantitative estimate of drug-likeness (QED) is 0.536. The number of morpholine rings is 1. The maximum Gasteiger partial charge on any atom is 0.270 e. The monoisotopic (exact) mass is 432 g/mol. The van der Waals surface area contributed by atoms with Crippen LogP contribution in [0.1, 0.15) is 37.5 Å². The van der Waals surface area contributed by atoms with Gasteiger partial charge in [-0.05, 0) is 39.3 Å². The highest BCUT2D eigenvalue weighted by Gasteiger charge is 2.33. The van der Waals surface area contributed by atoms with E-state index in [1.807, 2.05) is 26.8 Å². The van der Waals surface area contributed by atoms with E-state index in [0.717, 1.165) is 0 Å². The zero-order valence-corrected chi connectivity index (χ0v) is 18.8. The zero-order valence-electron chi connectivity index (χ0n) is 17.2. The molecule has 1 aromatic rings. The van der Waals surface area contributed by atoms with Crippen LogP contribution in [0.25, 0.3) is 6.08 Å². The van der Waals surface area contributed by atoms with Gasteiger partial charge in [-0.3, -0.25) is 19.1 Å². The number of aromatic nitrogens is 1. The topological polar surface area (TPSA) is 78.6 Å². The molecule has 29 heavy (non-hydrogen) atoms. The maximum atomic E-state index is 12.8. The van der Waals surface area contributed by atoms with Crippen LogP contribution in [0.3, 0.4) is 0 Å². The van der Waals surface area contributed by atoms with E-state index in [1.165, 1.54) is 16.3 Å². The predicted molar refractivity (Wildman–Crippen MR) is 119 cm³/mol. The van der Waals surface area contributed by atoms with E-state index in [9.17, 15) is 14.9 Å². The molecule has 0 spiro atoms. The van der Waals surface area contributed by atoms with Crippen LogP contribution < -0.4 is 10.5 Å². The van der Waals surface area contributed by atoms with Crippen molar-refractivity contribution in [2.75, 3.05) is 24.5 Å². The summed E-state index contributed by atoms with van der Waals surface area (Å²) in [5.74, 6) is 0.541. The summed E-state index contributed by atoms with van der Waals surface area (Å²) in [4.78, 5) is 29.7. The van der Waals surface area contributed by atoms with E-state index >= 15 is 0 Å². The molecule has 0 bridgehead atoms. The molecule has 154 valence electrons. The van der Waals surface area contributed by atoms with Crippen molar-refractivity contribution in [1.82, 2.24) is 9.47 Å². The number of pyridine rings is 1. The van der Waals surface area contributed by atoms with Crippen LogP contribution in [0.15, 0.2) is 9.70 Å². The highest BCUT2D eigenvalue weighted by atomic mass is 32.2. The molecule has 2 saturated heterocycles. The zero-order chi connectivity index (χ0) is 21.5. The third-order valence-electron chi connectivity index (χ3n) is 5.15. The van der Waals surface area contributed by atoms with Crippen molar-refractivity contribution in [2.24, 2.45) is 7.05 Å². The molecule has 7 nitrogen and oxygen atoms in total. The number of thioether (sulfide) groups is 1. The smallest absolute Gasteiger partial charge is 0.270 e. The Morgan fingerprint density at radius 3 is 2.45 bits per heavy atom. The fraction of sp³-hybridized carbons (Fsp3) is 0.500. The lowest BCUT2D eigenvalue weighted by atomic mass is 10.0. The van der Waals surface area contributed by atoms with Gasteiger partial charge >= 0.3 is 0 Å². The van der Waals surface area contributed by atoms with Crippen LogP contribution in [-0.2, 0) is 16.6 Å². The first kappa shape index (κ1) is 21.6. The number of rotatable bonds is 3. The van der Waals surface area contributed by atoms with Gasteiger partial charge in [0.25, 0.3) is 11.5 Å². The molecule has 2 atom stereocenters. The van der Waals surface area contributed by atoms with E-state index < -0.39 is 0 Å². The second-order valence-electron chi connectivity index (χ2n) is 7.30. The fourth-order valence-electron chi connectivity index (χ4n) is 3.85. The summed E-state index contributed by atoms with van der Waals surface area (Å²) in [6.07, 6.45) is 1.76. The second-order valence-corrected chi connectivity index (χ2v) is 8.98. The van der Waals surface area contributed by atoms with Crippen LogP contribution in [-0.4, -0.2) is 51.5 Å². The number of carbonyl (C=O) groups is 1. The minimum atomic E-state index is -0.343. The van der Waals surface area contributed by atoms with Crippen LogP contribution in [0, 0.1) is 18.3 Å². The summed E-state index contributed by atoms with van der Waals surface area (Å²) in [7, 11) is 1.66. The number of thiocarbonyl (C=S) groups is 1. The highest BCUT2D eigenvalue weighted by molar-refractivity contribution is 8.26. The molecule has 0 saturated carbocycles. The normalized spacial score (nSPS) is 23.8. The van der Waals surface area contributed by atoms with E-state index in [1.54, 1.807) is 24.9 Å². The minimum Gasteiger partial charge on any atom is -0.372 e. The van der Waals surface area contributed by atoms with Crippen LogP contribution in [0.2, 0.25) is 0 Å². The molecule has 2 unspecified atom stereocenters. The molecule has 2 fully saturated rings. The van der Waals surface area contributed by atoms with Gasteiger partial charge in [0.2, 0.25) is 0 Å². The lowest BCUT2D eigenvalue weighted by molar-refractivity contribution is -0.121. The number of anilines is 1. The molecule has 9 heteroatoms. The summed E-state index contributed by atoms with van der Waals surface area (Å²) in [5.41, 5.74) is 1.01. The first-order valence-corrected chi connectivity index (χ1v) is 10.7. The van der Waals surface area contributed by atoms with Crippen molar-refractivity contribution in [3.8, 4) is 6.07 Å². The van der Waals surface area contributed by atoms with Gasteiger partial charge in [0, 0.05) is 32.2 Å². The Bertz CT molecular complexity index is 998. The minimum absolute atomic E-state index is 0.00375. The van der Waals surface area contributed by atoms with Gasteiger partial charge in [0.15, 0.2) is 0 Å². The Hall–Kier alpha value is -2.15. The third-order valence-corrected chi connectivity index (χ3v) is 6.53. The Kier molecular flexibility index (Phi) is 6.17. The van der Waals surface area contributed by atoms with Gasteiger partial charge in [-0.2, -0.15) is 5.26 Å². The van der Waals surface area contributed by atoms with Gasteiger partial charge in [0.05, 0.1) is 17.1 Å². The van der Waals surface area contributed by atoms with Gasteiger partial charge in [-0.1, -0.05) is 24.0 Å². The second kappa shape index (κ2) is 8.30. The molecular weight excluding hydrogens is 408 g/mol. The predicted octanol–water partition coefficient (Wildman–Crippen LogP) is 2.40. The van der Waals surface area contributed by atoms with Gasteiger partial charge < -0.3 is 9.64 Å². The summed E-state index contributed by atoms with van der Waals surface area (Å²) in [6.45, 7) is 9.33. The van der Waals surface area contributed by atoms with Crippen LogP contribution >= 0.6 is 24.0 Å². The molecule has 0 N–H and O–H groups in total. The third kappa shape index (κ3) is 3.84. The van der Waals surface area contributed by atoms with Crippen molar-refractivity contribution in [1.29, 1.82) is 5.26 Å². The molecule has 2 aliphatic heterocycles. The number of amides is 1. The average molecular weight is 433 g/mol. The molecule has 1 amide bonds.